The lowest BCUT2D eigenvalue weighted by Crippen LogP contribution is -2.51. The number of hydrazine groups is 1. The molecule has 13 heteroatoms. The summed E-state index contributed by atoms with van der Waals surface area (Å²) in [7, 11) is -4.94. The van der Waals surface area contributed by atoms with Gasteiger partial charge >= 0.3 is 5.97 Å². The van der Waals surface area contributed by atoms with Crippen molar-refractivity contribution in [3.05, 3.63) is 71.3 Å². The summed E-state index contributed by atoms with van der Waals surface area (Å²) in [6, 6.07) is 13.1. The summed E-state index contributed by atoms with van der Waals surface area (Å²) >= 11 is 0. The first kappa shape index (κ1) is 34.1. The number of esters is 1. The fourth-order valence-corrected chi connectivity index (χ4v) is 5.27. The van der Waals surface area contributed by atoms with Crippen LogP contribution < -0.4 is 10.3 Å². The Labute approximate surface area is 256 Å². The molecule has 12 nitrogen and oxygen atoms in total. The summed E-state index contributed by atoms with van der Waals surface area (Å²) in [5.74, 6) is -6.13. The molecule has 0 aromatic heterocycles. The first-order valence-electron chi connectivity index (χ1n) is 14.0. The minimum absolute atomic E-state index is 0.0859. The van der Waals surface area contributed by atoms with Crippen molar-refractivity contribution in [3.8, 4) is 5.75 Å². The van der Waals surface area contributed by atoms with Gasteiger partial charge in [0, 0.05) is 0 Å². The number of nitrogens with zero attached hydrogens (tertiary/aromatic N) is 1. The number of phenols is 1. The number of imide groups is 1. The smallest absolute Gasteiger partial charge is 0.310 e. The average Bonchev–Trinajstić information content (AvgIpc) is 3.18. The van der Waals surface area contributed by atoms with Gasteiger partial charge in [0.2, 0.25) is 5.91 Å². The maximum atomic E-state index is 13.4. The van der Waals surface area contributed by atoms with Crippen LogP contribution in [0, 0.1) is 17.8 Å². The Balaban J connectivity index is 1.77. The number of aromatic hydroxyl groups is 1. The van der Waals surface area contributed by atoms with E-state index in [4.69, 9.17) is 4.74 Å². The summed E-state index contributed by atoms with van der Waals surface area (Å²) < 4.78 is 31.1. The van der Waals surface area contributed by atoms with E-state index < -0.39 is 68.6 Å². The molecule has 3 amide bonds. The Bertz CT molecular complexity index is 1560. The highest BCUT2D eigenvalue weighted by Crippen LogP contribution is 2.30. The highest BCUT2D eigenvalue weighted by molar-refractivity contribution is 8.04. The molecule has 2 aromatic carbocycles. The van der Waals surface area contributed by atoms with Gasteiger partial charge in [-0.2, -0.15) is 0 Å². The zero-order valence-corrected chi connectivity index (χ0v) is 26.0. The molecule has 2 atom stereocenters. The zero-order chi connectivity index (χ0) is 32.8. The van der Waals surface area contributed by atoms with Gasteiger partial charge in [0.05, 0.1) is 23.0 Å². The normalized spacial score (nSPS) is 14.9. The van der Waals surface area contributed by atoms with Gasteiger partial charge < -0.3 is 9.84 Å². The molecule has 236 valence electrons. The fraction of sp³-hybridized carbons (Fsp3) is 0.387. The fourth-order valence-electron chi connectivity index (χ4n) is 4.62. The van der Waals surface area contributed by atoms with Crippen molar-refractivity contribution in [2.75, 3.05) is 6.54 Å². The monoisotopic (exact) mass is 627 g/mol. The lowest BCUT2D eigenvalue weighted by molar-refractivity contribution is -0.164. The van der Waals surface area contributed by atoms with Gasteiger partial charge in [-0.05, 0) is 57.2 Å². The highest BCUT2D eigenvalue weighted by atomic mass is 32.2. The number of carbonyl (C=O) groups is 5. The van der Waals surface area contributed by atoms with Gasteiger partial charge in [-0.1, -0.05) is 62.4 Å². The van der Waals surface area contributed by atoms with Crippen LogP contribution in [0.5, 0.6) is 5.75 Å². The van der Waals surface area contributed by atoms with E-state index in [0.29, 0.717) is 4.90 Å². The number of hydrogen-bond acceptors (Lipinski definition) is 9. The van der Waals surface area contributed by atoms with Crippen molar-refractivity contribution in [3.63, 3.8) is 0 Å². The van der Waals surface area contributed by atoms with Crippen LogP contribution in [-0.4, -0.2) is 59.4 Å². The van der Waals surface area contributed by atoms with E-state index in [9.17, 15) is 37.5 Å². The summed E-state index contributed by atoms with van der Waals surface area (Å²) in [5.41, 5.74) is 1.54. The van der Waals surface area contributed by atoms with Gasteiger partial charge in [0.15, 0.2) is 0 Å². The standard InChI is InChI=1S/C31H37N3O9S/c1-19(2)17-23(21(30(40)43-31(3,4)5)14-9-13-20-11-7-6-8-12-20)27(37)32-33-44(41,42)25(36)18-34-28(38)22-15-10-16-24(35)26(22)29(34)39/h6-13,15-16,19,21,23,33,35H,14,17-18H2,1-5H3,(H,32,37)/t21-,23-/m0/s1. The van der Waals surface area contributed by atoms with Gasteiger partial charge in [0.1, 0.15) is 17.9 Å². The van der Waals surface area contributed by atoms with Crippen LogP contribution in [0.2, 0.25) is 0 Å². The molecule has 1 aliphatic heterocycles. The Morgan fingerprint density at radius 3 is 2.23 bits per heavy atom. The number of phenolic OH excluding ortho intramolecular Hbond substituents is 1. The molecule has 0 radical (unpaired) electrons. The third-order valence-electron chi connectivity index (χ3n) is 6.63. The molecule has 0 saturated heterocycles. The third kappa shape index (κ3) is 8.60. The number of hydrogen-bond donors (Lipinski definition) is 3. The SMILES string of the molecule is CC(C)C[C@H](C(=O)NNS(=O)(=O)C(=O)CN1C(=O)c2cccc(O)c2C1=O)[C@H](CC=Cc1ccccc1)C(=O)OC(C)(C)C. The molecule has 0 aliphatic carbocycles. The largest absolute Gasteiger partial charge is 0.507 e. The zero-order valence-electron chi connectivity index (χ0n) is 25.2. The lowest BCUT2D eigenvalue weighted by Gasteiger charge is -2.29. The van der Waals surface area contributed by atoms with Crippen LogP contribution in [0.1, 0.15) is 73.7 Å². The molecule has 2 aromatic rings. The number of nitrogens with one attached hydrogen (secondary N) is 2. The predicted molar refractivity (Wildman–Crippen MR) is 161 cm³/mol. The molecule has 3 rings (SSSR count). The number of benzene rings is 2. The van der Waals surface area contributed by atoms with Crippen LogP contribution in [-0.2, 0) is 29.1 Å². The molecule has 1 heterocycles. The summed E-state index contributed by atoms with van der Waals surface area (Å²) in [6.07, 6.45) is 3.82. The molecule has 0 fully saturated rings. The van der Waals surface area contributed by atoms with Crippen LogP contribution in [0.25, 0.3) is 6.08 Å². The maximum absolute atomic E-state index is 13.4. The Morgan fingerprint density at radius 2 is 1.64 bits per heavy atom. The number of ether oxygens (including phenoxy) is 1. The molecule has 0 spiro atoms. The summed E-state index contributed by atoms with van der Waals surface area (Å²) in [6.45, 7) is 7.58. The molecule has 0 saturated carbocycles. The topological polar surface area (TPSA) is 176 Å². The maximum Gasteiger partial charge on any atom is 0.310 e. The van der Waals surface area contributed by atoms with Crippen LogP contribution in [0.3, 0.4) is 0 Å². The number of sulfonamides is 1. The molecule has 0 unspecified atom stereocenters. The van der Waals surface area contributed by atoms with Crippen molar-refractivity contribution in [1.82, 2.24) is 15.2 Å². The van der Waals surface area contributed by atoms with Gasteiger partial charge in [-0.15, -0.1) is 4.83 Å². The Kier molecular flexibility index (Phi) is 10.8. The number of fused-ring (bicyclic) bond motifs is 1. The quantitative estimate of drug-likeness (QED) is 0.181. The van der Waals surface area contributed by atoms with E-state index >= 15 is 0 Å². The van der Waals surface area contributed by atoms with E-state index in [2.05, 4.69) is 0 Å². The number of rotatable bonds is 12. The molecular weight excluding hydrogens is 590 g/mol. The van der Waals surface area contributed by atoms with E-state index in [0.717, 1.165) is 5.56 Å². The number of carbonyl (C=O) groups excluding carboxylic acids is 5. The number of allylic oxidation sites excluding steroid dienone is 1. The minimum Gasteiger partial charge on any atom is -0.507 e. The lowest BCUT2D eigenvalue weighted by atomic mass is 9.82. The Hall–Kier alpha value is -4.36. The van der Waals surface area contributed by atoms with Crippen LogP contribution in [0.15, 0.2) is 54.6 Å². The molecule has 0 bridgehead atoms. The molecular formula is C31H37N3O9S. The van der Waals surface area contributed by atoms with Crippen molar-refractivity contribution >= 4 is 44.9 Å². The van der Waals surface area contributed by atoms with Gasteiger partial charge in [0.25, 0.3) is 27.0 Å². The van der Waals surface area contributed by atoms with Crippen LogP contribution >= 0.6 is 0 Å². The first-order valence-corrected chi connectivity index (χ1v) is 15.5. The highest BCUT2D eigenvalue weighted by Gasteiger charge is 2.41. The second-order valence-corrected chi connectivity index (χ2v) is 13.5. The molecule has 44 heavy (non-hydrogen) atoms. The molecule has 3 N–H and O–H groups in total. The van der Waals surface area contributed by atoms with Crippen molar-refractivity contribution in [2.24, 2.45) is 17.8 Å². The number of amides is 3. The van der Waals surface area contributed by atoms with Crippen molar-refractivity contribution in [1.29, 1.82) is 0 Å². The van der Waals surface area contributed by atoms with Crippen LogP contribution in [0.4, 0.5) is 0 Å². The average molecular weight is 628 g/mol. The van der Waals surface area contributed by atoms with E-state index in [-0.39, 0.29) is 29.9 Å². The first-order chi connectivity index (χ1) is 20.5. The second-order valence-electron chi connectivity index (χ2n) is 11.8. The van der Waals surface area contributed by atoms with E-state index in [1.54, 1.807) is 37.8 Å². The van der Waals surface area contributed by atoms with Gasteiger partial charge in [-0.25, -0.2) is 8.42 Å². The summed E-state index contributed by atoms with van der Waals surface area (Å²) in [4.78, 5) is 66.7. The Morgan fingerprint density at radius 1 is 0.977 bits per heavy atom. The third-order valence-corrected chi connectivity index (χ3v) is 7.73. The van der Waals surface area contributed by atoms with Crippen molar-refractivity contribution < 1.29 is 42.2 Å². The summed E-state index contributed by atoms with van der Waals surface area (Å²) in [5, 5.41) is 8.37. The minimum atomic E-state index is -4.94. The van der Waals surface area contributed by atoms with Gasteiger partial charge in [-0.3, -0.25) is 34.3 Å². The second kappa shape index (κ2) is 14.0. The van der Waals surface area contributed by atoms with E-state index in [1.807, 2.05) is 49.6 Å². The predicted octanol–water partition coefficient (Wildman–Crippen LogP) is 3.19. The van der Waals surface area contributed by atoms with E-state index in [1.165, 1.54) is 18.2 Å². The van der Waals surface area contributed by atoms with Crippen molar-refractivity contribution in [2.45, 2.75) is 53.1 Å². The molecule has 1 aliphatic rings.